The van der Waals surface area contributed by atoms with Gasteiger partial charge in [0.2, 0.25) is 0 Å². The summed E-state index contributed by atoms with van der Waals surface area (Å²) in [5, 5.41) is 3.33. The van der Waals surface area contributed by atoms with Gasteiger partial charge in [-0.05, 0) is 19.9 Å². The second-order valence-corrected chi connectivity index (χ2v) is 4.10. The van der Waals surface area contributed by atoms with Gasteiger partial charge in [0, 0.05) is 16.6 Å². The molecule has 0 aromatic heterocycles. The molecule has 1 aliphatic heterocycles. The van der Waals surface area contributed by atoms with Crippen molar-refractivity contribution in [1.29, 1.82) is 0 Å². The van der Waals surface area contributed by atoms with Crippen LogP contribution in [-0.2, 0) is 10.8 Å². The van der Waals surface area contributed by atoms with Crippen LogP contribution < -0.4 is 5.32 Å². The summed E-state index contributed by atoms with van der Waals surface area (Å²) in [5.74, 6) is 0.894. The largest absolute Gasteiger partial charge is 0.306 e. The average molecular weight is 147 g/mol. The summed E-state index contributed by atoms with van der Waals surface area (Å²) < 4.78 is 11.1. The van der Waals surface area contributed by atoms with E-state index in [2.05, 4.69) is 5.32 Å². The quantitative estimate of drug-likeness (QED) is 0.584. The number of hydrogen-bond donors (Lipinski definition) is 1. The van der Waals surface area contributed by atoms with Crippen LogP contribution in [0.2, 0.25) is 0 Å². The smallest absolute Gasteiger partial charge is 0.0832 e. The Morgan fingerprint density at radius 3 is 2.78 bits per heavy atom. The predicted octanol–water partition coefficient (Wildman–Crippen LogP) is 0.464. The first-order chi connectivity index (χ1) is 4.34. The highest BCUT2D eigenvalue weighted by Gasteiger charge is 2.17. The van der Waals surface area contributed by atoms with Crippen LogP contribution in [-0.4, -0.2) is 22.4 Å². The topological polar surface area (TPSA) is 29.1 Å². The molecule has 2 unspecified atom stereocenters. The van der Waals surface area contributed by atoms with Gasteiger partial charge in [-0.3, -0.25) is 4.21 Å². The third kappa shape index (κ3) is 1.76. The maximum absolute atomic E-state index is 11.1. The third-order valence-corrected chi connectivity index (χ3v) is 3.50. The first kappa shape index (κ1) is 7.22. The fourth-order valence-electron chi connectivity index (χ4n) is 1.12. The minimum absolute atomic E-state index is 0.277. The van der Waals surface area contributed by atoms with Crippen LogP contribution in [0.5, 0.6) is 0 Å². The Hall–Kier alpha value is 0.110. The minimum atomic E-state index is -0.589. The van der Waals surface area contributed by atoms with Crippen molar-refractivity contribution < 1.29 is 4.21 Å². The summed E-state index contributed by atoms with van der Waals surface area (Å²) in [6.07, 6.45) is 3.46. The molecule has 0 aliphatic carbocycles. The first-order valence-electron chi connectivity index (χ1n) is 3.39. The van der Waals surface area contributed by atoms with E-state index in [4.69, 9.17) is 0 Å². The standard InChI is InChI=1S/C6H13NOS/c1-7-6-4-2-3-5-9(6)8/h6-7H,2-5H2,1H3. The van der Waals surface area contributed by atoms with E-state index in [1.807, 2.05) is 7.05 Å². The Kier molecular flexibility index (Phi) is 2.66. The van der Waals surface area contributed by atoms with Crippen LogP contribution in [0.3, 0.4) is 0 Å². The van der Waals surface area contributed by atoms with Crippen molar-refractivity contribution in [3.63, 3.8) is 0 Å². The van der Waals surface area contributed by atoms with Gasteiger partial charge in [-0.25, -0.2) is 0 Å². The van der Waals surface area contributed by atoms with E-state index in [0.717, 1.165) is 18.6 Å². The SMILES string of the molecule is CNC1CCCCS1=O. The van der Waals surface area contributed by atoms with Gasteiger partial charge < -0.3 is 5.32 Å². The van der Waals surface area contributed by atoms with E-state index < -0.39 is 10.8 Å². The zero-order chi connectivity index (χ0) is 6.69. The molecular formula is C6H13NOS. The van der Waals surface area contributed by atoms with E-state index in [-0.39, 0.29) is 5.37 Å². The van der Waals surface area contributed by atoms with Gasteiger partial charge in [-0.2, -0.15) is 0 Å². The minimum Gasteiger partial charge on any atom is -0.306 e. The molecule has 0 radical (unpaired) electrons. The molecule has 54 valence electrons. The number of rotatable bonds is 1. The van der Waals surface area contributed by atoms with Gasteiger partial charge in [0.05, 0.1) is 5.37 Å². The summed E-state index contributed by atoms with van der Waals surface area (Å²) in [7, 11) is 1.29. The highest BCUT2D eigenvalue weighted by Crippen LogP contribution is 2.12. The van der Waals surface area contributed by atoms with Crippen LogP contribution in [0.25, 0.3) is 0 Å². The summed E-state index contributed by atoms with van der Waals surface area (Å²) >= 11 is 0. The zero-order valence-electron chi connectivity index (χ0n) is 5.72. The van der Waals surface area contributed by atoms with E-state index in [1.165, 1.54) is 6.42 Å². The zero-order valence-corrected chi connectivity index (χ0v) is 6.54. The van der Waals surface area contributed by atoms with Crippen LogP contribution in [0.4, 0.5) is 0 Å². The maximum atomic E-state index is 11.1. The Balaban J connectivity index is 2.39. The molecule has 0 bridgehead atoms. The van der Waals surface area contributed by atoms with Crippen LogP contribution in [0.15, 0.2) is 0 Å². The molecule has 2 nitrogen and oxygen atoms in total. The summed E-state index contributed by atoms with van der Waals surface area (Å²) in [6.45, 7) is 0. The molecule has 2 atom stereocenters. The molecule has 1 saturated heterocycles. The molecule has 1 heterocycles. The Morgan fingerprint density at radius 2 is 2.33 bits per heavy atom. The van der Waals surface area contributed by atoms with Crippen molar-refractivity contribution in [2.45, 2.75) is 24.6 Å². The molecule has 3 heteroatoms. The van der Waals surface area contributed by atoms with E-state index in [1.54, 1.807) is 0 Å². The lowest BCUT2D eigenvalue weighted by atomic mass is 10.2. The summed E-state index contributed by atoms with van der Waals surface area (Å²) in [4.78, 5) is 0. The van der Waals surface area contributed by atoms with Crippen molar-refractivity contribution in [3.05, 3.63) is 0 Å². The third-order valence-electron chi connectivity index (χ3n) is 1.70. The lowest BCUT2D eigenvalue weighted by Crippen LogP contribution is -2.34. The molecule has 9 heavy (non-hydrogen) atoms. The predicted molar refractivity (Wildman–Crippen MR) is 39.7 cm³/mol. The molecule has 0 spiro atoms. The Morgan fingerprint density at radius 1 is 1.56 bits per heavy atom. The maximum Gasteiger partial charge on any atom is 0.0832 e. The van der Waals surface area contributed by atoms with Gasteiger partial charge in [0.15, 0.2) is 0 Å². The van der Waals surface area contributed by atoms with Crippen molar-refractivity contribution in [1.82, 2.24) is 5.32 Å². The van der Waals surface area contributed by atoms with Gasteiger partial charge >= 0.3 is 0 Å². The number of nitrogens with one attached hydrogen (secondary N) is 1. The van der Waals surface area contributed by atoms with Crippen LogP contribution >= 0.6 is 0 Å². The summed E-state index contributed by atoms with van der Waals surface area (Å²) in [5.41, 5.74) is 0. The van der Waals surface area contributed by atoms with Crippen molar-refractivity contribution in [3.8, 4) is 0 Å². The highest BCUT2D eigenvalue weighted by atomic mass is 32.2. The molecule has 1 fully saturated rings. The second kappa shape index (κ2) is 3.32. The van der Waals surface area contributed by atoms with Crippen molar-refractivity contribution >= 4 is 10.8 Å². The fraction of sp³-hybridized carbons (Fsp3) is 1.00. The van der Waals surface area contributed by atoms with Crippen molar-refractivity contribution in [2.24, 2.45) is 0 Å². The van der Waals surface area contributed by atoms with Gasteiger partial charge in [0.25, 0.3) is 0 Å². The monoisotopic (exact) mass is 147 g/mol. The van der Waals surface area contributed by atoms with Gasteiger partial charge in [-0.1, -0.05) is 6.42 Å². The fourth-order valence-corrected chi connectivity index (χ4v) is 2.59. The molecular weight excluding hydrogens is 134 g/mol. The molecule has 1 aliphatic rings. The molecule has 0 aromatic rings. The molecule has 1 rings (SSSR count). The Labute approximate surface area is 58.5 Å². The van der Waals surface area contributed by atoms with E-state index >= 15 is 0 Å². The summed E-state index contributed by atoms with van der Waals surface area (Å²) in [6, 6.07) is 0. The van der Waals surface area contributed by atoms with Gasteiger partial charge in [0.1, 0.15) is 0 Å². The van der Waals surface area contributed by atoms with Crippen molar-refractivity contribution in [2.75, 3.05) is 12.8 Å². The van der Waals surface area contributed by atoms with E-state index in [0.29, 0.717) is 0 Å². The Bertz CT molecular complexity index is 116. The lowest BCUT2D eigenvalue weighted by Gasteiger charge is -2.19. The number of hydrogen-bond acceptors (Lipinski definition) is 2. The molecule has 1 N–H and O–H groups in total. The first-order valence-corrected chi connectivity index (χ1v) is 4.77. The highest BCUT2D eigenvalue weighted by molar-refractivity contribution is 7.85. The lowest BCUT2D eigenvalue weighted by molar-refractivity contribution is 0.571. The molecule has 0 saturated carbocycles. The second-order valence-electron chi connectivity index (χ2n) is 2.36. The normalized spacial score (nSPS) is 36.6. The molecule has 0 aromatic carbocycles. The molecule has 0 amide bonds. The average Bonchev–Trinajstić information content (AvgIpc) is 1.89. The van der Waals surface area contributed by atoms with E-state index in [9.17, 15) is 4.21 Å². The van der Waals surface area contributed by atoms with Gasteiger partial charge in [-0.15, -0.1) is 0 Å². The van der Waals surface area contributed by atoms with Crippen LogP contribution in [0, 0.1) is 0 Å². The van der Waals surface area contributed by atoms with Crippen LogP contribution in [0.1, 0.15) is 19.3 Å².